The van der Waals surface area contributed by atoms with E-state index in [9.17, 15) is 61.9 Å². The molecule has 0 bridgehead atoms. The number of esters is 1. The smallest absolute Gasteiger partial charge is 0.460 e. The van der Waals surface area contributed by atoms with E-state index in [2.05, 4.69) is 4.74 Å². The minimum atomic E-state index is -7.95. The molecule has 0 saturated carbocycles. The molecule has 2 nitrogen and oxygen atoms in total. The van der Waals surface area contributed by atoms with E-state index in [0.717, 1.165) is 0 Å². The average molecular weight is 504 g/mol. The lowest BCUT2D eigenvalue weighted by Crippen LogP contribution is -2.70. The van der Waals surface area contributed by atoms with Gasteiger partial charge in [-0.2, -0.15) is 57.1 Å². The molecular weight excluding hydrogens is 483 g/mol. The summed E-state index contributed by atoms with van der Waals surface area (Å²) in [6, 6.07) is 0. The first-order valence-electron chi connectivity index (χ1n) is 9.28. The van der Waals surface area contributed by atoms with Gasteiger partial charge in [-0.05, 0) is 12.8 Å². The molecule has 192 valence electrons. The third-order valence-corrected chi connectivity index (χ3v) is 4.48. The van der Waals surface area contributed by atoms with Crippen LogP contribution in [0.15, 0.2) is 0 Å². The predicted octanol–water partition coefficient (Wildman–Crippen LogP) is 7.27. The Bertz CT molecular complexity index is 614. The highest BCUT2D eigenvalue weighted by Crippen LogP contribution is 2.61. The van der Waals surface area contributed by atoms with Crippen LogP contribution in [0.4, 0.5) is 57.1 Å². The maximum absolute atomic E-state index is 14.0. The van der Waals surface area contributed by atoms with Gasteiger partial charge < -0.3 is 4.74 Å². The van der Waals surface area contributed by atoms with E-state index in [0.29, 0.717) is 6.42 Å². The average Bonchev–Trinajstić information content (AvgIpc) is 2.63. The van der Waals surface area contributed by atoms with Gasteiger partial charge >= 0.3 is 41.8 Å². The number of halogens is 13. The molecule has 0 aliphatic carbocycles. The van der Waals surface area contributed by atoms with Gasteiger partial charge in [0.15, 0.2) is 0 Å². The van der Waals surface area contributed by atoms with Crippen LogP contribution >= 0.6 is 0 Å². The van der Waals surface area contributed by atoms with Crippen molar-refractivity contribution in [3.8, 4) is 0 Å². The Morgan fingerprint density at radius 1 is 0.688 bits per heavy atom. The largest absolute Gasteiger partial charge is 0.465 e. The Labute approximate surface area is 174 Å². The van der Waals surface area contributed by atoms with Crippen molar-refractivity contribution in [2.24, 2.45) is 5.92 Å². The zero-order valence-corrected chi connectivity index (χ0v) is 16.8. The summed E-state index contributed by atoms with van der Waals surface area (Å²) in [7, 11) is 0. The molecule has 0 aromatic heterocycles. The van der Waals surface area contributed by atoms with Crippen molar-refractivity contribution in [3.63, 3.8) is 0 Å². The lowest BCUT2D eigenvalue weighted by Gasteiger charge is -2.40. The van der Waals surface area contributed by atoms with Crippen molar-refractivity contribution >= 4 is 5.97 Å². The third kappa shape index (κ3) is 5.72. The van der Waals surface area contributed by atoms with Crippen LogP contribution in [0, 0.1) is 5.92 Å². The second-order valence-electron chi connectivity index (χ2n) is 7.06. The highest BCUT2D eigenvalue weighted by molar-refractivity contribution is 5.72. The zero-order chi connectivity index (χ0) is 25.8. The maximum atomic E-state index is 14.0. The fourth-order valence-corrected chi connectivity index (χ4v) is 2.43. The Morgan fingerprint density at radius 3 is 1.53 bits per heavy atom. The van der Waals surface area contributed by atoms with Crippen LogP contribution in [0.1, 0.15) is 52.4 Å². The van der Waals surface area contributed by atoms with Crippen molar-refractivity contribution in [1.29, 1.82) is 0 Å². The van der Waals surface area contributed by atoms with Gasteiger partial charge in [0.1, 0.15) is 0 Å². The molecule has 0 fully saturated rings. The van der Waals surface area contributed by atoms with Crippen molar-refractivity contribution in [1.82, 2.24) is 0 Å². The fraction of sp³-hybridized carbons (Fsp3) is 0.941. The highest BCUT2D eigenvalue weighted by Gasteiger charge is 2.90. The minimum Gasteiger partial charge on any atom is -0.465 e. The maximum Gasteiger partial charge on any atom is 0.460 e. The van der Waals surface area contributed by atoms with Crippen molar-refractivity contribution < 1.29 is 66.6 Å². The Kier molecular flexibility index (Phi) is 9.76. The first-order valence-corrected chi connectivity index (χ1v) is 9.28. The molecule has 0 aromatic rings. The topological polar surface area (TPSA) is 26.3 Å². The van der Waals surface area contributed by atoms with E-state index in [1.54, 1.807) is 6.92 Å². The molecule has 0 aliphatic heterocycles. The van der Waals surface area contributed by atoms with Crippen LogP contribution in [0.2, 0.25) is 0 Å². The second kappa shape index (κ2) is 10.2. The van der Waals surface area contributed by atoms with Gasteiger partial charge in [0.2, 0.25) is 0 Å². The van der Waals surface area contributed by atoms with E-state index in [1.165, 1.54) is 6.92 Å². The van der Waals surface area contributed by atoms with Crippen LogP contribution in [-0.2, 0) is 9.53 Å². The zero-order valence-electron chi connectivity index (χ0n) is 16.8. The molecule has 0 saturated heterocycles. The summed E-state index contributed by atoms with van der Waals surface area (Å²) in [5.41, 5.74) is 0. The summed E-state index contributed by atoms with van der Waals surface area (Å²) < 4.78 is 176. The molecular formula is C17H21F13O2. The number of alkyl halides is 13. The van der Waals surface area contributed by atoms with Gasteiger partial charge in [-0.15, -0.1) is 0 Å². The molecule has 0 amide bonds. The lowest BCUT2D eigenvalue weighted by atomic mass is 9.87. The SMILES string of the molecule is CCCCOC(=O)C(CCCC)CC(F)(F)C(F)(F)C(F)(F)C(F)(F)C(F)(F)C(F)(F)F. The summed E-state index contributed by atoms with van der Waals surface area (Å²) in [5, 5.41) is 0. The fourth-order valence-electron chi connectivity index (χ4n) is 2.43. The van der Waals surface area contributed by atoms with Gasteiger partial charge in [0, 0.05) is 6.42 Å². The molecule has 0 radical (unpaired) electrons. The van der Waals surface area contributed by atoms with E-state index in [-0.39, 0.29) is 25.9 Å². The van der Waals surface area contributed by atoms with Gasteiger partial charge in [-0.3, -0.25) is 4.79 Å². The molecule has 0 aromatic carbocycles. The number of unbranched alkanes of at least 4 members (excludes halogenated alkanes) is 2. The molecule has 32 heavy (non-hydrogen) atoms. The normalized spacial score (nSPS) is 15.6. The number of hydrogen-bond acceptors (Lipinski definition) is 2. The monoisotopic (exact) mass is 504 g/mol. The van der Waals surface area contributed by atoms with Crippen molar-refractivity contribution in [2.75, 3.05) is 6.61 Å². The van der Waals surface area contributed by atoms with Crippen LogP contribution in [0.25, 0.3) is 0 Å². The highest BCUT2D eigenvalue weighted by atomic mass is 19.4. The number of carbonyl (C=O) groups excluding carboxylic acids is 1. The molecule has 0 aliphatic rings. The van der Waals surface area contributed by atoms with Crippen molar-refractivity contribution in [2.45, 2.75) is 88.2 Å². The summed E-state index contributed by atoms with van der Waals surface area (Å²) in [5.74, 6) is -41.1. The number of carbonyl (C=O) groups is 1. The predicted molar refractivity (Wildman–Crippen MR) is 84.3 cm³/mol. The Morgan fingerprint density at radius 2 is 1.12 bits per heavy atom. The van der Waals surface area contributed by atoms with Crippen LogP contribution in [-0.4, -0.2) is 48.4 Å². The molecule has 1 unspecified atom stereocenters. The summed E-state index contributed by atoms with van der Waals surface area (Å²) in [6.07, 6.45) is -9.92. The standard InChI is InChI=1S/C17H21F13O2/c1-3-5-7-10(11(31)32-8-6-4-2)9-12(18,19)13(20,21)14(22,23)15(24,25)16(26,27)17(28,29)30/h10H,3-9H2,1-2H3. The van der Waals surface area contributed by atoms with Gasteiger partial charge in [0.25, 0.3) is 0 Å². The van der Waals surface area contributed by atoms with Crippen LogP contribution in [0.5, 0.6) is 0 Å². The second-order valence-corrected chi connectivity index (χ2v) is 7.06. The number of rotatable bonds is 13. The molecule has 0 spiro atoms. The van der Waals surface area contributed by atoms with Gasteiger partial charge in [-0.25, -0.2) is 0 Å². The van der Waals surface area contributed by atoms with E-state index in [1.807, 2.05) is 0 Å². The van der Waals surface area contributed by atoms with Gasteiger partial charge in [-0.1, -0.05) is 33.1 Å². The Balaban J connectivity index is 6.08. The number of ether oxygens (including phenoxy) is 1. The molecule has 1 atom stereocenters. The van der Waals surface area contributed by atoms with E-state index < -0.39 is 60.5 Å². The molecule has 15 heteroatoms. The van der Waals surface area contributed by atoms with E-state index in [4.69, 9.17) is 0 Å². The quantitative estimate of drug-likeness (QED) is 0.150. The molecule has 0 rings (SSSR count). The number of hydrogen-bond donors (Lipinski definition) is 0. The van der Waals surface area contributed by atoms with Gasteiger partial charge in [0.05, 0.1) is 12.5 Å². The first kappa shape index (κ1) is 30.6. The van der Waals surface area contributed by atoms with Crippen LogP contribution in [0.3, 0.4) is 0 Å². The van der Waals surface area contributed by atoms with Crippen LogP contribution < -0.4 is 0 Å². The third-order valence-electron chi connectivity index (χ3n) is 4.48. The molecule has 0 heterocycles. The lowest BCUT2D eigenvalue weighted by molar-refractivity contribution is -0.440. The van der Waals surface area contributed by atoms with E-state index >= 15 is 0 Å². The first-order chi connectivity index (χ1) is 14.2. The summed E-state index contributed by atoms with van der Waals surface area (Å²) in [6.45, 7) is 2.71. The molecule has 0 N–H and O–H groups in total. The summed E-state index contributed by atoms with van der Waals surface area (Å²) in [4.78, 5) is 11.9. The Hall–Kier alpha value is -1.44. The van der Waals surface area contributed by atoms with Crippen molar-refractivity contribution in [3.05, 3.63) is 0 Å². The minimum absolute atomic E-state index is 0.103. The summed E-state index contributed by atoms with van der Waals surface area (Å²) >= 11 is 0.